The molecule has 20 heavy (non-hydrogen) atoms. The first-order valence-corrected chi connectivity index (χ1v) is 6.18. The van der Waals surface area contributed by atoms with Crippen molar-refractivity contribution in [1.29, 1.82) is 0 Å². The van der Waals surface area contributed by atoms with E-state index in [0.29, 0.717) is 0 Å². The third kappa shape index (κ3) is 4.55. The number of carboxylic acids is 1. The van der Waals surface area contributed by atoms with Gasteiger partial charge in [0.25, 0.3) is 5.91 Å². The van der Waals surface area contributed by atoms with Crippen molar-refractivity contribution in [3.05, 3.63) is 34.9 Å². The molecule has 7 heteroatoms. The number of aliphatic carboxylic acids is 1. The molecule has 0 aliphatic rings. The Balaban J connectivity index is 2.71. The van der Waals surface area contributed by atoms with Gasteiger partial charge >= 0.3 is 11.9 Å². The molecule has 108 valence electrons. The zero-order valence-corrected chi connectivity index (χ0v) is 11.5. The minimum Gasteiger partial charge on any atom is -0.480 e. The molecule has 0 aliphatic heterocycles. The van der Waals surface area contributed by atoms with Crippen LogP contribution in [0.5, 0.6) is 0 Å². The maximum absolute atomic E-state index is 11.9. The van der Waals surface area contributed by atoms with Crippen LogP contribution in [-0.4, -0.2) is 36.1 Å². The lowest BCUT2D eigenvalue weighted by molar-refractivity contribution is -0.142. The van der Waals surface area contributed by atoms with Gasteiger partial charge in [0.1, 0.15) is 6.04 Å². The van der Waals surface area contributed by atoms with E-state index in [1.807, 2.05) is 0 Å². The smallest absolute Gasteiger partial charge is 0.326 e. The van der Waals surface area contributed by atoms with Gasteiger partial charge in [-0.1, -0.05) is 23.7 Å². The number of rotatable bonds is 6. The molecule has 1 unspecified atom stereocenters. The van der Waals surface area contributed by atoms with Crippen LogP contribution in [0.4, 0.5) is 0 Å². The van der Waals surface area contributed by atoms with Gasteiger partial charge < -0.3 is 15.2 Å². The first-order valence-electron chi connectivity index (χ1n) is 5.80. The molecule has 0 heterocycles. The number of methoxy groups -OCH3 is 1. The molecule has 0 fully saturated rings. The molecular formula is C13H14ClNO5. The molecule has 0 saturated heterocycles. The number of carbonyl (C=O) groups excluding carboxylic acids is 2. The minimum atomic E-state index is -1.23. The molecule has 1 aromatic rings. The highest BCUT2D eigenvalue weighted by Crippen LogP contribution is 2.15. The van der Waals surface area contributed by atoms with Crippen LogP contribution in [0.1, 0.15) is 23.2 Å². The van der Waals surface area contributed by atoms with Gasteiger partial charge in [-0.15, -0.1) is 0 Å². The minimum absolute atomic E-state index is 0.0573. The molecule has 0 spiro atoms. The van der Waals surface area contributed by atoms with Gasteiger partial charge in [-0.3, -0.25) is 9.59 Å². The van der Waals surface area contributed by atoms with Crippen LogP contribution in [-0.2, 0) is 14.3 Å². The number of esters is 1. The van der Waals surface area contributed by atoms with Crippen molar-refractivity contribution in [2.75, 3.05) is 7.11 Å². The van der Waals surface area contributed by atoms with Gasteiger partial charge in [-0.05, 0) is 18.6 Å². The molecule has 0 bridgehead atoms. The number of halogens is 1. The fourth-order valence-electron chi connectivity index (χ4n) is 1.50. The van der Waals surface area contributed by atoms with Crippen molar-refractivity contribution < 1.29 is 24.2 Å². The van der Waals surface area contributed by atoms with Crippen molar-refractivity contribution in [1.82, 2.24) is 5.32 Å². The van der Waals surface area contributed by atoms with E-state index in [1.54, 1.807) is 12.1 Å². The van der Waals surface area contributed by atoms with Crippen LogP contribution < -0.4 is 5.32 Å². The highest BCUT2D eigenvalue weighted by Gasteiger charge is 2.22. The van der Waals surface area contributed by atoms with Gasteiger partial charge in [0, 0.05) is 6.42 Å². The number of nitrogens with one attached hydrogen (secondary N) is 1. The Bertz CT molecular complexity index is 517. The normalized spacial score (nSPS) is 11.5. The van der Waals surface area contributed by atoms with E-state index in [9.17, 15) is 14.4 Å². The monoisotopic (exact) mass is 299 g/mol. The summed E-state index contributed by atoms with van der Waals surface area (Å²) < 4.78 is 4.42. The number of amides is 1. The zero-order valence-electron chi connectivity index (χ0n) is 10.8. The number of benzene rings is 1. The molecule has 1 atom stereocenters. The second-order valence-corrected chi connectivity index (χ2v) is 4.37. The summed E-state index contributed by atoms with van der Waals surface area (Å²) in [6.45, 7) is 0. The van der Waals surface area contributed by atoms with Gasteiger partial charge in [0.15, 0.2) is 0 Å². The average molecular weight is 300 g/mol. The molecule has 2 N–H and O–H groups in total. The van der Waals surface area contributed by atoms with Crippen LogP contribution >= 0.6 is 11.6 Å². The third-order valence-electron chi connectivity index (χ3n) is 2.59. The molecule has 1 aromatic carbocycles. The van der Waals surface area contributed by atoms with Crippen LogP contribution in [0, 0.1) is 0 Å². The zero-order chi connectivity index (χ0) is 15.1. The molecule has 6 nitrogen and oxygen atoms in total. The van der Waals surface area contributed by atoms with Crippen molar-refractivity contribution in [2.24, 2.45) is 0 Å². The van der Waals surface area contributed by atoms with E-state index < -0.39 is 23.9 Å². The lowest BCUT2D eigenvalue weighted by Gasteiger charge is -2.14. The quantitative estimate of drug-likeness (QED) is 0.776. The van der Waals surface area contributed by atoms with E-state index in [1.165, 1.54) is 19.2 Å². The Hall–Kier alpha value is -2.08. The Morgan fingerprint density at radius 2 is 2.00 bits per heavy atom. The second kappa shape index (κ2) is 7.49. The highest BCUT2D eigenvalue weighted by atomic mass is 35.5. The molecule has 0 aliphatic carbocycles. The first-order chi connectivity index (χ1) is 9.45. The Kier molecular flexibility index (Phi) is 5.99. The summed E-state index contributed by atoms with van der Waals surface area (Å²) >= 11 is 5.85. The van der Waals surface area contributed by atoms with E-state index >= 15 is 0 Å². The number of carboxylic acid groups (broad SMARTS) is 1. The number of carbonyl (C=O) groups is 3. The summed E-state index contributed by atoms with van der Waals surface area (Å²) in [5.74, 6) is -2.37. The summed E-state index contributed by atoms with van der Waals surface area (Å²) in [6, 6.07) is 5.10. The van der Waals surface area contributed by atoms with Crippen molar-refractivity contribution >= 4 is 29.4 Å². The standard InChI is InChI=1S/C13H14ClNO5/c1-20-11(16)7-6-10(13(18)19)15-12(17)8-4-2-3-5-9(8)14/h2-5,10H,6-7H2,1H3,(H,15,17)(H,18,19). The van der Waals surface area contributed by atoms with Crippen LogP contribution in [0.2, 0.25) is 5.02 Å². The molecule has 1 rings (SSSR count). The summed E-state index contributed by atoms with van der Waals surface area (Å²) in [4.78, 5) is 34.0. The predicted molar refractivity (Wildman–Crippen MR) is 71.6 cm³/mol. The molecule has 1 amide bonds. The van der Waals surface area contributed by atoms with Crippen LogP contribution in [0.15, 0.2) is 24.3 Å². The molecule has 0 aromatic heterocycles. The maximum atomic E-state index is 11.9. The number of hydrogen-bond donors (Lipinski definition) is 2. The maximum Gasteiger partial charge on any atom is 0.326 e. The molecular weight excluding hydrogens is 286 g/mol. The third-order valence-corrected chi connectivity index (χ3v) is 2.92. The highest BCUT2D eigenvalue weighted by molar-refractivity contribution is 6.33. The SMILES string of the molecule is COC(=O)CCC(NC(=O)c1ccccc1Cl)C(=O)O. The lowest BCUT2D eigenvalue weighted by Crippen LogP contribution is -2.41. The largest absolute Gasteiger partial charge is 0.480 e. The predicted octanol–water partition coefficient (Wildman–Crippen LogP) is 1.48. The molecule has 0 saturated carbocycles. The summed E-state index contributed by atoms with van der Waals surface area (Å²) in [6.07, 6.45) is -0.158. The Morgan fingerprint density at radius 1 is 1.35 bits per heavy atom. The van der Waals surface area contributed by atoms with E-state index in [0.717, 1.165) is 0 Å². The Labute approximate surface area is 120 Å². The number of hydrogen-bond acceptors (Lipinski definition) is 4. The Morgan fingerprint density at radius 3 is 2.55 bits per heavy atom. The van der Waals surface area contributed by atoms with Gasteiger partial charge in [-0.25, -0.2) is 4.79 Å². The van der Waals surface area contributed by atoms with Gasteiger partial charge in [-0.2, -0.15) is 0 Å². The average Bonchev–Trinajstić information content (AvgIpc) is 2.42. The van der Waals surface area contributed by atoms with E-state index in [-0.39, 0.29) is 23.4 Å². The lowest BCUT2D eigenvalue weighted by atomic mass is 10.1. The van der Waals surface area contributed by atoms with E-state index in [2.05, 4.69) is 10.1 Å². The van der Waals surface area contributed by atoms with Crippen molar-refractivity contribution in [3.63, 3.8) is 0 Å². The van der Waals surface area contributed by atoms with Gasteiger partial charge in [0.05, 0.1) is 17.7 Å². The summed E-state index contributed by atoms with van der Waals surface area (Å²) in [5.41, 5.74) is 0.179. The fourth-order valence-corrected chi connectivity index (χ4v) is 1.72. The summed E-state index contributed by atoms with van der Waals surface area (Å²) in [7, 11) is 1.21. The van der Waals surface area contributed by atoms with Gasteiger partial charge in [0.2, 0.25) is 0 Å². The summed E-state index contributed by atoms with van der Waals surface area (Å²) in [5, 5.41) is 11.6. The molecule has 0 radical (unpaired) electrons. The fraction of sp³-hybridized carbons (Fsp3) is 0.308. The van der Waals surface area contributed by atoms with Crippen molar-refractivity contribution in [2.45, 2.75) is 18.9 Å². The first kappa shape index (κ1) is 16.0. The second-order valence-electron chi connectivity index (χ2n) is 3.96. The van der Waals surface area contributed by atoms with E-state index in [4.69, 9.17) is 16.7 Å². The van der Waals surface area contributed by atoms with Crippen LogP contribution in [0.25, 0.3) is 0 Å². The van der Waals surface area contributed by atoms with Crippen molar-refractivity contribution in [3.8, 4) is 0 Å². The van der Waals surface area contributed by atoms with Crippen LogP contribution in [0.3, 0.4) is 0 Å². The topological polar surface area (TPSA) is 92.7 Å². The number of ether oxygens (including phenoxy) is 1.